The number of methoxy groups -OCH3 is 1. The standard InChI is InChI=1S/C28H27FN6O/c1-17-26(18-3-5-22(29)6-4-18)34-27(33-17)19-8-11-35(12-9-19)28-23-13-21(14-24(23)31-16-32-28)20-7-10-30-25(15-20)36-2/h3-7,10,13,15-16,19H,8-9,11-12,14H2,1-2H3,(H,33,34). The minimum atomic E-state index is -0.238. The number of rotatable bonds is 5. The lowest BCUT2D eigenvalue weighted by atomic mass is 9.96. The molecule has 1 aliphatic carbocycles. The highest BCUT2D eigenvalue weighted by atomic mass is 19.1. The summed E-state index contributed by atoms with van der Waals surface area (Å²) >= 11 is 0. The Morgan fingerprint density at radius 3 is 2.61 bits per heavy atom. The maximum absolute atomic E-state index is 13.3. The molecule has 0 unspecified atom stereocenters. The summed E-state index contributed by atoms with van der Waals surface area (Å²) < 4.78 is 18.6. The second-order valence-corrected chi connectivity index (χ2v) is 9.35. The average Bonchev–Trinajstić information content (AvgIpc) is 3.53. The summed E-state index contributed by atoms with van der Waals surface area (Å²) in [7, 11) is 1.63. The van der Waals surface area contributed by atoms with Crippen molar-refractivity contribution in [2.24, 2.45) is 0 Å². The van der Waals surface area contributed by atoms with Gasteiger partial charge >= 0.3 is 0 Å². The number of aryl methyl sites for hydroxylation is 1. The van der Waals surface area contributed by atoms with Crippen molar-refractivity contribution in [3.05, 3.63) is 83.1 Å². The molecule has 4 aromatic rings. The van der Waals surface area contributed by atoms with Gasteiger partial charge in [-0.25, -0.2) is 24.3 Å². The van der Waals surface area contributed by atoms with Crippen LogP contribution in [0.1, 0.15) is 47.1 Å². The maximum atomic E-state index is 13.3. The van der Waals surface area contributed by atoms with Gasteiger partial charge in [-0.05, 0) is 67.3 Å². The van der Waals surface area contributed by atoms with Crippen LogP contribution >= 0.6 is 0 Å². The molecule has 8 heteroatoms. The van der Waals surface area contributed by atoms with E-state index in [4.69, 9.17) is 9.72 Å². The number of imidazole rings is 1. The zero-order valence-electron chi connectivity index (χ0n) is 20.3. The van der Waals surface area contributed by atoms with Crippen molar-refractivity contribution >= 4 is 17.5 Å². The van der Waals surface area contributed by atoms with Gasteiger partial charge in [0.15, 0.2) is 0 Å². The van der Waals surface area contributed by atoms with Crippen LogP contribution in [0.2, 0.25) is 0 Å². The zero-order valence-corrected chi connectivity index (χ0v) is 20.3. The first kappa shape index (κ1) is 22.4. The second-order valence-electron chi connectivity index (χ2n) is 9.35. The number of anilines is 1. The fourth-order valence-corrected chi connectivity index (χ4v) is 5.20. The van der Waals surface area contributed by atoms with Crippen LogP contribution in [0.5, 0.6) is 5.88 Å². The molecule has 36 heavy (non-hydrogen) atoms. The maximum Gasteiger partial charge on any atom is 0.213 e. The number of hydrogen-bond donors (Lipinski definition) is 1. The molecule has 0 bridgehead atoms. The fourth-order valence-electron chi connectivity index (χ4n) is 5.20. The molecule has 3 aromatic heterocycles. The molecule has 0 spiro atoms. The van der Waals surface area contributed by atoms with E-state index in [1.807, 2.05) is 19.1 Å². The van der Waals surface area contributed by atoms with Crippen LogP contribution in [0.25, 0.3) is 22.9 Å². The summed E-state index contributed by atoms with van der Waals surface area (Å²) in [6, 6.07) is 10.5. The lowest BCUT2D eigenvalue weighted by Crippen LogP contribution is -2.34. The SMILES string of the molecule is COc1cc(C2=Cc3c(ncnc3N3CCC(c4nc(-c5ccc(F)cc5)c(C)[nH]4)CC3)C2)ccn1. The number of H-pyrrole nitrogens is 1. The Balaban J connectivity index is 1.19. The predicted molar refractivity (Wildman–Crippen MR) is 137 cm³/mol. The summed E-state index contributed by atoms with van der Waals surface area (Å²) in [6.45, 7) is 3.81. The summed E-state index contributed by atoms with van der Waals surface area (Å²) in [4.78, 5) is 24.2. The summed E-state index contributed by atoms with van der Waals surface area (Å²) in [5, 5.41) is 0. The smallest absolute Gasteiger partial charge is 0.213 e. The first-order valence-corrected chi connectivity index (χ1v) is 12.2. The van der Waals surface area contributed by atoms with E-state index in [1.54, 1.807) is 31.8 Å². The van der Waals surface area contributed by atoms with E-state index in [1.165, 1.54) is 17.7 Å². The van der Waals surface area contributed by atoms with E-state index in [0.29, 0.717) is 11.8 Å². The molecule has 0 atom stereocenters. The van der Waals surface area contributed by atoms with E-state index >= 15 is 0 Å². The number of pyridine rings is 1. The van der Waals surface area contributed by atoms with Gasteiger partial charge in [-0.3, -0.25) is 0 Å². The van der Waals surface area contributed by atoms with E-state index in [0.717, 1.165) is 77.8 Å². The highest BCUT2D eigenvalue weighted by Gasteiger charge is 2.28. The quantitative estimate of drug-likeness (QED) is 0.421. The van der Waals surface area contributed by atoms with Crippen LogP contribution in [-0.2, 0) is 6.42 Å². The zero-order chi connectivity index (χ0) is 24.6. The number of aromatic nitrogens is 5. The third kappa shape index (κ3) is 4.12. The van der Waals surface area contributed by atoms with Crippen molar-refractivity contribution in [1.29, 1.82) is 0 Å². The van der Waals surface area contributed by atoms with Crippen molar-refractivity contribution in [3.8, 4) is 17.1 Å². The number of ether oxygens (including phenoxy) is 1. The topological polar surface area (TPSA) is 79.8 Å². The molecule has 1 fully saturated rings. The van der Waals surface area contributed by atoms with Gasteiger partial charge in [-0.2, -0.15) is 0 Å². The van der Waals surface area contributed by atoms with Gasteiger partial charge in [0.25, 0.3) is 0 Å². The molecule has 7 nitrogen and oxygen atoms in total. The lowest BCUT2D eigenvalue weighted by Gasteiger charge is -2.32. The van der Waals surface area contributed by atoms with Gasteiger partial charge in [0.1, 0.15) is 23.8 Å². The van der Waals surface area contributed by atoms with Crippen molar-refractivity contribution in [3.63, 3.8) is 0 Å². The highest BCUT2D eigenvalue weighted by Crippen LogP contribution is 2.38. The molecular formula is C28H27FN6O. The Bertz CT molecular complexity index is 1440. The molecule has 1 saturated heterocycles. The molecule has 182 valence electrons. The Morgan fingerprint density at radius 2 is 1.83 bits per heavy atom. The van der Waals surface area contributed by atoms with Crippen LogP contribution in [0.4, 0.5) is 10.2 Å². The van der Waals surface area contributed by atoms with Crippen molar-refractivity contribution in [1.82, 2.24) is 24.9 Å². The van der Waals surface area contributed by atoms with Crippen LogP contribution in [0, 0.1) is 12.7 Å². The minimum Gasteiger partial charge on any atom is -0.481 e. The van der Waals surface area contributed by atoms with E-state index in [-0.39, 0.29) is 5.82 Å². The lowest BCUT2D eigenvalue weighted by molar-refractivity contribution is 0.398. The van der Waals surface area contributed by atoms with Gasteiger partial charge in [0.05, 0.1) is 18.5 Å². The number of halogens is 1. The van der Waals surface area contributed by atoms with Crippen LogP contribution in [0.15, 0.2) is 48.9 Å². The van der Waals surface area contributed by atoms with Gasteiger partial charge in [0.2, 0.25) is 5.88 Å². The average molecular weight is 483 g/mol. The molecule has 0 radical (unpaired) electrons. The number of allylic oxidation sites excluding steroid dienone is 1. The van der Waals surface area contributed by atoms with E-state index < -0.39 is 0 Å². The molecule has 2 aliphatic rings. The third-order valence-corrected chi connectivity index (χ3v) is 7.14. The number of hydrogen-bond acceptors (Lipinski definition) is 6. The van der Waals surface area contributed by atoms with Crippen molar-refractivity contribution < 1.29 is 9.13 Å². The molecule has 6 rings (SSSR count). The highest BCUT2D eigenvalue weighted by molar-refractivity contribution is 5.91. The molecule has 1 aliphatic heterocycles. The first-order valence-electron chi connectivity index (χ1n) is 12.2. The number of piperidine rings is 1. The Morgan fingerprint density at radius 1 is 1.03 bits per heavy atom. The van der Waals surface area contributed by atoms with Crippen molar-refractivity contribution in [2.75, 3.05) is 25.1 Å². The number of aromatic amines is 1. The van der Waals surface area contributed by atoms with Crippen molar-refractivity contribution in [2.45, 2.75) is 32.1 Å². The predicted octanol–water partition coefficient (Wildman–Crippen LogP) is 5.20. The summed E-state index contributed by atoms with van der Waals surface area (Å²) in [6.07, 6.45) is 8.38. The Hall–Kier alpha value is -4.07. The van der Waals surface area contributed by atoms with Crippen LogP contribution in [0.3, 0.4) is 0 Å². The monoisotopic (exact) mass is 482 g/mol. The number of nitrogens with zero attached hydrogens (tertiary/aromatic N) is 5. The van der Waals surface area contributed by atoms with Crippen LogP contribution in [-0.4, -0.2) is 45.1 Å². The molecule has 1 N–H and O–H groups in total. The number of fused-ring (bicyclic) bond motifs is 1. The Kier molecular flexibility index (Phi) is 5.71. The van der Waals surface area contributed by atoms with Gasteiger partial charge in [-0.15, -0.1) is 0 Å². The van der Waals surface area contributed by atoms with E-state index in [2.05, 4.69) is 30.9 Å². The molecular weight excluding hydrogens is 455 g/mol. The molecule has 1 aromatic carbocycles. The summed E-state index contributed by atoms with van der Waals surface area (Å²) in [5.74, 6) is 2.72. The molecule has 4 heterocycles. The third-order valence-electron chi connectivity index (χ3n) is 7.14. The largest absolute Gasteiger partial charge is 0.481 e. The van der Waals surface area contributed by atoms with E-state index in [9.17, 15) is 4.39 Å². The molecule has 0 amide bonds. The van der Waals surface area contributed by atoms with Gasteiger partial charge in [0, 0.05) is 54.5 Å². The minimum absolute atomic E-state index is 0.238. The second kappa shape index (κ2) is 9.18. The number of nitrogens with one attached hydrogen (secondary N) is 1. The normalized spacial score (nSPS) is 15.6. The first-order chi connectivity index (χ1) is 17.6. The van der Waals surface area contributed by atoms with Crippen LogP contribution < -0.4 is 9.64 Å². The Labute approximate surface area is 209 Å². The van der Waals surface area contributed by atoms with Gasteiger partial charge < -0.3 is 14.6 Å². The van der Waals surface area contributed by atoms with Gasteiger partial charge in [-0.1, -0.05) is 0 Å². The summed E-state index contributed by atoms with van der Waals surface area (Å²) in [5.41, 5.74) is 7.29. The fraction of sp³-hybridized carbons (Fsp3) is 0.286. The number of benzene rings is 1. The molecule has 0 saturated carbocycles.